The van der Waals surface area contributed by atoms with Crippen LogP contribution in [0.4, 0.5) is 5.13 Å². The summed E-state index contributed by atoms with van der Waals surface area (Å²) in [6.45, 7) is 2.84. The van der Waals surface area contributed by atoms with Gasteiger partial charge in [-0.25, -0.2) is 14.6 Å². The number of rotatable bonds is 6. The molecule has 0 aliphatic rings. The van der Waals surface area contributed by atoms with Crippen LogP contribution in [-0.4, -0.2) is 47.5 Å². The quantitative estimate of drug-likeness (QED) is 0.457. The summed E-state index contributed by atoms with van der Waals surface area (Å²) < 4.78 is 4.53. The maximum absolute atomic E-state index is 11.4. The van der Waals surface area contributed by atoms with Crippen LogP contribution in [-0.2, 0) is 19.2 Å². The summed E-state index contributed by atoms with van der Waals surface area (Å²) in [7, 11) is 2.87. The highest BCUT2D eigenvalue weighted by Gasteiger charge is 2.32. The third-order valence-electron chi connectivity index (χ3n) is 2.21. The molecule has 0 bridgehead atoms. The Morgan fingerprint density at radius 2 is 2.15 bits per heavy atom. The minimum Gasteiger partial charge on any atom is -0.476 e. The third kappa shape index (κ3) is 3.67. The minimum absolute atomic E-state index is 0.146. The van der Waals surface area contributed by atoms with Crippen LogP contribution in [0.5, 0.6) is 0 Å². The van der Waals surface area contributed by atoms with Crippen LogP contribution in [0.15, 0.2) is 10.5 Å². The van der Waals surface area contributed by atoms with E-state index in [1.165, 1.54) is 37.7 Å². The highest BCUT2D eigenvalue weighted by Crippen LogP contribution is 2.17. The molecule has 0 fully saturated rings. The molecule has 1 aromatic heterocycles. The summed E-state index contributed by atoms with van der Waals surface area (Å²) in [5.74, 6) is -1.97. The predicted octanol–water partition coefficient (Wildman–Crippen LogP) is 0.942. The van der Waals surface area contributed by atoms with Crippen LogP contribution in [0.1, 0.15) is 19.5 Å². The highest BCUT2D eigenvalue weighted by atomic mass is 32.1. The number of carbonyl (C=O) groups is 2. The number of oxime groups is 1. The number of aliphatic carboxylic acids is 1. The van der Waals surface area contributed by atoms with Crippen molar-refractivity contribution in [2.75, 3.05) is 19.5 Å². The minimum atomic E-state index is -1.39. The predicted molar refractivity (Wildman–Crippen MR) is 73.0 cm³/mol. The first-order valence-electron chi connectivity index (χ1n) is 5.53. The van der Waals surface area contributed by atoms with Crippen molar-refractivity contribution in [1.29, 1.82) is 0 Å². The van der Waals surface area contributed by atoms with E-state index in [-0.39, 0.29) is 11.4 Å². The van der Waals surface area contributed by atoms with Gasteiger partial charge in [0.1, 0.15) is 5.69 Å². The zero-order valence-corrected chi connectivity index (χ0v) is 12.3. The van der Waals surface area contributed by atoms with Crippen LogP contribution in [0.2, 0.25) is 0 Å². The van der Waals surface area contributed by atoms with Crippen LogP contribution < -0.4 is 5.32 Å². The van der Waals surface area contributed by atoms with Crippen LogP contribution in [0.25, 0.3) is 0 Å². The molecule has 0 aliphatic carbocycles. The van der Waals surface area contributed by atoms with E-state index in [4.69, 9.17) is 9.94 Å². The largest absolute Gasteiger partial charge is 0.476 e. The van der Waals surface area contributed by atoms with E-state index in [0.717, 1.165) is 0 Å². The second-order valence-corrected chi connectivity index (χ2v) is 4.98. The Bertz CT molecular complexity index is 538. The van der Waals surface area contributed by atoms with Crippen LogP contribution in [0.3, 0.4) is 0 Å². The second kappa shape index (κ2) is 6.33. The number of thiazole rings is 1. The first kappa shape index (κ1) is 15.9. The van der Waals surface area contributed by atoms with Crippen molar-refractivity contribution >= 4 is 34.1 Å². The molecule has 0 spiro atoms. The SMILES string of the molecule is CNc1nc(/C(=N/OC(C)(C)C(=O)OC)C(=O)O)cs1. The van der Waals surface area contributed by atoms with Gasteiger partial charge >= 0.3 is 11.9 Å². The van der Waals surface area contributed by atoms with Gasteiger partial charge in [-0.1, -0.05) is 5.16 Å². The van der Waals surface area contributed by atoms with E-state index in [1.54, 1.807) is 7.05 Å². The number of anilines is 1. The molecule has 0 radical (unpaired) electrons. The van der Waals surface area contributed by atoms with Crippen LogP contribution in [0, 0.1) is 0 Å². The van der Waals surface area contributed by atoms with E-state index in [0.29, 0.717) is 5.13 Å². The molecule has 0 atom stereocenters. The maximum atomic E-state index is 11.4. The fraction of sp³-hybridized carbons (Fsp3) is 0.455. The molecule has 20 heavy (non-hydrogen) atoms. The van der Waals surface area contributed by atoms with Gasteiger partial charge in [0.05, 0.1) is 7.11 Å². The van der Waals surface area contributed by atoms with Gasteiger partial charge in [-0.15, -0.1) is 11.3 Å². The van der Waals surface area contributed by atoms with Crippen molar-refractivity contribution in [3.05, 3.63) is 11.1 Å². The molecule has 0 aliphatic heterocycles. The van der Waals surface area contributed by atoms with Gasteiger partial charge in [-0.05, 0) is 13.8 Å². The number of carbonyl (C=O) groups excluding carboxylic acids is 1. The molecule has 0 unspecified atom stereocenters. The number of carboxylic acids is 1. The molecule has 1 heterocycles. The molecule has 0 amide bonds. The Labute approximate surface area is 119 Å². The topological polar surface area (TPSA) is 110 Å². The van der Waals surface area contributed by atoms with Gasteiger partial charge in [0.25, 0.3) is 0 Å². The summed E-state index contributed by atoms with van der Waals surface area (Å²) in [4.78, 5) is 31.6. The number of nitrogens with one attached hydrogen (secondary N) is 1. The summed E-state index contributed by atoms with van der Waals surface area (Å²) in [5.41, 5.74) is -1.63. The molecular weight excluding hydrogens is 286 g/mol. The Kier molecular flexibility index (Phi) is 5.03. The summed E-state index contributed by atoms with van der Waals surface area (Å²) in [6.07, 6.45) is 0. The van der Waals surface area contributed by atoms with Crippen molar-refractivity contribution in [3.8, 4) is 0 Å². The van der Waals surface area contributed by atoms with Crippen molar-refractivity contribution in [2.45, 2.75) is 19.4 Å². The Morgan fingerprint density at radius 3 is 2.60 bits per heavy atom. The molecule has 9 heteroatoms. The summed E-state index contributed by atoms with van der Waals surface area (Å²) >= 11 is 1.23. The molecule has 2 N–H and O–H groups in total. The van der Waals surface area contributed by atoms with Gasteiger partial charge in [0.2, 0.25) is 11.3 Å². The zero-order valence-electron chi connectivity index (χ0n) is 11.5. The molecular formula is C11H15N3O5S. The van der Waals surface area contributed by atoms with Gasteiger partial charge in [0, 0.05) is 12.4 Å². The number of esters is 1. The molecule has 8 nitrogen and oxygen atoms in total. The van der Waals surface area contributed by atoms with Crippen molar-refractivity contribution in [3.63, 3.8) is 0 Å². The average Bonchev–Trinajstić information content (AvgIpc) is 2.86. The average molecular weight is 301 g/mol. The van der Waals surface area contributed by atoms with Crippen LogP contribution >= 0.6 is 11.3 Å². The number of carboxylic acid groups (broad SMARTS) is 1. The zero-order chi connectivity index (χ0) is 15.3. The maximum Gasteiger partial charge on any atom is 0.360 e. The number of hydrogen-bond donors (Lipinski definition) is 2. The Morgan fingerprint density at radius 1 is 1.50 bits per heavy atom. The molecule has 1 rings (SSSR count). The number of ether oxygens (including phenoxy) is 1. The molecule has 0 aromatic carbocycles. The number of aromatic nitrogens is 1. The van der Waals surface area contributed by atoms with Gasteiger partial charge in [-0.2, -0.15) is 0 Å². The summed E-state index contributed by atoms with van der Waals surface area (Å²) in [6, 6.07) is 0. The molecule has 0 saturated carbocycles. The molecule has 0 saturated heterocycles. The van der Waals surface area contributed by atoms with E-state index in [9.17, 15) is 9.59 Å². The fourth-order valence-electron chi connectivity index (χ4n) is 1.14. The summed E-state index contributed by atoms with van der Waals surface area (Å²) in [5, 5.41) is 17.5. The van der Waals surface area contributed by atoms with Gasteiger partial charge < -0.3 is 20.0 Å². The first-order valence-corrected chi connectivity index (χ1v) is 6.41. The van der Waals surface area contributed by atoms with Crippen molar-refractivity contribution in [1.82, 2.24) is 4.98 Å². The lowest BCUT2D eigenvalue weighted by atomic mass is 10.1. The lowest BCUT2D eigenvalue weighted by Crippen LogP contribution is -2.35. The Hall–Kier alpha value is -2.16. The van der Waals surface area contributed by atoms with Gasteiger partial charge in [0.15, 0.2) is 5.13 Å². The number of hydrogen-bond acceptors (Lipinski definition) is 8. The van der Waals surface area contributed by atoms with Crippen molar-refractivity contribution in [2.24, 2.45) is 5.16 Å². The fourth-order valence-corrected chi connectivity index (χ4v) is 1.79. The van der Waals surface area contributed by atoms with E-state index in [2.05, 4.69) is 20.2 Å². The lowest BCUT2D eigenvalue weighted by Gasteiger charge is -2.18. The third-order valence-corrected chi connectivity index (χ3v) is 3.07. The highest BCUT2D eigenvalue weighted by molar-refractivity contribution is 7.14. The van der Waals surface area contributed by atoms with E-state index >= 15 is 0 Å². The smallest absolute Gasteiger partial charge is 0.360 e. The first-order chi connectivity index (χ1) is 9.31. The Balaban J connectivity index is 3.00. The molecule has 1 aromatic rings. The monoisotopic (exact) mass is 301 g/mol. The van der Waals surface area contributed by atoms with E-state index in [1.807, 2.05) is 0 Å². The normalized spacial score (nSPS) is 11.9. The van der Waals surface area contributed by atoms with E-state index < -0.39 is 17.5 Å². The standard InChI is InChI=1S/C11H15N3O5S/c1-11(2,9(17)18-4)19-14-7(8(15)16)6-5-20-10(12-3)13-6/h5H,1-4H3,(H,12,13)(H,15,16)/b14-7-. The lowest BCUT2D eigenvalue weighted by molar-refractivity contribution is -0.165. The number of methoxy groups -OCH3 is 1. The van der Waals surface area contributed by atoms with Crippen molar-refractivity contribution < 1.29 is 24.3 Å². The van der Waals surface area contributed by atoms with Gasteiger partial charge in [-0.3, -0.25) is 0 Å². The molecule has 110 valence electrons. The second-order valence-electron chi connectivity index (χ2n) is 4.13. The number of nitrogens with zero attached hydrogens (tertiary/aromatic N) is 2.